The first-order valence-electron chi connectivity index (χ1n) is 5.96. The molecule has 0 fully saturated rings. The highest BCUT2D eigenvalue weighted by Gasteiger charge is 2.16. The molecule has 0 unspecified atom stereocenters. The lowest BCUT2D eigenvalue weighted by atomic mass is 10.4. The normalized spacial score (nSPS) is 11.9. The molecule has 0 spiro atoms. The Hall–Kier alpha value is -1.38. The van der Waals surface area contributed by atoms with Crippen LogP contribution in [-0.2, 0) is 13.6 Å². The summed E-state index contributed by atoms with van der Waals surface area (Å²) in [6.45, 7) is -0.458. The SMILES string of the molecule is Cn1ncc2c(Cl)nc(CN(CCO)CC(F)F)nc21. The van der Waals surface area contributed by atoms with Crippen molar-refractivity contribution in [2.24, 2.45) is 7.05 Å². The number of aliphatic hydroxyl groups excluding tert-OH is 1. The number of nitrogens with zero attached hydrogens (tertiary/aromatic N) is 5. The zero-order valence-electron chi connectivity index (χ0n) is 10.8. The van der Waals surface area contributed by atoms with E-state index >= 15 is 0 Å². The first-order valence-corrected chi connectivity index (χ1v) is 6.34. The Morgan fingerprint density at radius 2 is 2.20 bits per heavy atom. The van der Waals surface area contributed by atoms with Gasteiger partial charge in [0, 0.05) is 13.6 Å². The van der Waals surface area contributed by atoms with Crippen molar-refractivity contribution in [3.63, 3.8) is 0 Å². The molecule has 2 aromatic rings. The fourth-order valence-electron chi connectivity index (χ4n) is 1.87. The van der Waals surface area contributed by atoms with Gasteiger partial charge in [-0.05, 0) is 0 Å². The monoisotopic (exact) mass is 305 g/mol. The molecule has 2 heterocycles. The van der Waals surface area contributed by atoms with Gasteiger partial charge in [-0.1, -0.05) is 11.6 Å². The Bertz CT molecular complexity index is 591. The standard InChI is InChI=1S/C11H14ClF2N5O/c1-18-11-7(4-15-18)10(12)16-9(17-11)6-19(2-3-20)5-8(13)14/h4,8,20H,2-3,5-6H2,1H3. The number of alkyl halides is 2. The zero-order chi connectivity index (χ0) is 14.7. The van der Waals surface area contributed by atoms with Gasteiger partial charge in [-0.3, -0.25) is 9.58 Å². The molecule has 0 bridgehead atoms. The number of halogens is 3. The largest absolute Gasteiger partial charge is 0.395 e. The summed E-state index contributed by atoms with van der Waals surface area (Å²) in [6, 6.07) is 0. The lowest BCUT2D eigenvalue weighted by Crippen LogP contribution is -2.32. The Labute approximate surface area is 119 Å². The van der Waals surface area contributed by atoms with Gasteiger partial charge in [-0.25, -0.2) is 18.7 Å². The van der Waals surface area contributed by atoms with Gasteiger partial charge in [0.05, 0.1) is 31.3 Å². The molecule has 0 aromatic carbocycles. The fourth-order valence-corrected chi connectivity index (χ4v) is 2.10. The Morgan fingerprint density at radius 3 is 2.85 bits per heavy atom. The molecule has 0 aliphatic heterocycles. The molecule has 6 nitrogen and oxygen atoms in total. The van der Waals surface area contributed by atoms with Crippen LogP contribution >= 0.6 is 11.6 Å². The van der Waals surface area contributed by atoms with Crippen molar-refractivity contribution in [2.45, 2.75) is 13.0 Å². The van der Waals surface area contributed by atoms with Gasteiger partial charge in [-0.2, -0.15) is 5.10 Å². The topological polar surface area (TPSA) is 67.1 Å². The van der Waals surface area contributed by atoms with E-state index in [2.05, 4.69) is 15.1 Å². The Morgan fingerprint density at radius 1 is 1.45 bits per heavy atom. The Balaban J connectivity index is 2.25. The van der Waals surface area contributed by atoms with Crippen LogP contribution in [0.1, 0.15) is 5.82 Å². The van der Waals surface area contributed by atoms with Crippen LogP contribution in [0.3, 0.4) is 0 Å². The molecule has 1 N–H and O–H groups in total. The number of hydrogen-bond acceptors (Lipinski definition) is 5. The van der Waals surface area contributed by atoms with Crippen molar-refractivity contribution in [2.75, 3.05) is 19.7 Å². The predicted octanol–water partition coefficient (Wildman–Crippen LogP) is 1.08. The lowest BCUT2D eigenvalue weighted by molar-refractivity contribution is 0.0734. The molecular weight excluding hydrogens is 292 g/mol. The number of hydrogen-bond donors (Lipinski definition) is 1. The van der Waals surface area contributed by atoms with E-state index in [9.17, 15) is 8.78 Å². The second kappa shape index (κ2) is 6.38. The van der Waals surface area contributed by atoms with Crippen LogP contribution in [0.15, 0.2) is 6.20 Å². The van der Waals surface area contributed by atoms with Gasteiger partial charge < -0.3 is 5.11 Å². The molecular formula is C11H14ClF2N5O. The van der Waals surface area contributed by atoms with E-state index in [0.717, 1.165) is 0 Å². The summed E-state index contributed by atoms with van der Waals surface area (Å²) < 4.78 is 26.4. The number of aromatic nitrogens is 4. The van der Waals surface area contributed by atoms with Gasteiger partial charge in [0.1, 0.15) is 11.0 Å². The van der Waals surface area contributed by atoms with Crippen LogP contribution in [-0.4, -0.2) is 55.9 Å². The highest BCUT2D eigenvalue weighted by molar-refractivity contribution is 6.33. The third kappa shape index (κ3) is 3.38. The Kier molecular flexibility index (Phi) is 4.79. The second-order valence-electron chi connectivity index (χ2n) is 4.29. The highest BCUT2D eigenvalue weighted by Crippen LogP contribution is 2.19. The predicted molar refractivity (Wildman–Crippen MR) is 69.7 cm³/mol. The molecule has 0 atom stereocenters. The molecule has 20 heavy (non-hydrogen) atoms. The van der Waals surface area contributed by atoms with Crippen molar-refractivity contribution in [3.05, 3.63) is 17.2 Å². The van der Waals surface area contributed by atoms with E-state index in [0.29, 0.717) is 16.9 Å². The first kappa shape index (κ1) is 15.0. The maximum atomic E-state index is 12.5. The molecule has 0 amide bonds. The van der Waals surface area contributed by atoms with Gasteiger partial charge in [-0.15, -0.1) is 0 Å². The summed E-state index contributed by atoms with van der Waals surface area (Å²) >= 11 is 6.02. The van der Waals surface area contributed by atoms with Crippen molar-refractivity contribution in [1.82, 2.24) is 24.6 Å². The summed E-state index contributed by atoms with van der Waals surface area (Å²) in [6.07, 6.45) is -0.941. The summed E-state index contributed by atoms with van der Waals surface area (Å²) in [5.41, 5.74) is 0.543. The van der Waals surface area contributed by atoms with E-state index in [1.165, 1.54) is 9.58 Å². The molecule has 0 radical (unpaired) electrons. The number of fused-ring (bicyclic) bond motifs is 1. The molecule has 110 valence electrons. The van der Waals surface area contributed by atoms with E-state index in [4.69, 9.17) is 16.7 Å². The van der Waals surface area contributed by atoms with E-state index in [-0.39, 0.29) is 24.8 Å². The maximum absolute atomic E-state index is 12.5. The summed E-state index contributed by atoms with van der Waals surface area (Å²) in [4.78, 5) is 9.71. The molecule has 0 aliphatic carbocycles. The quantitative estimate of drug-likeness (QED) is 0.809. The zero-order valence-corrected chi connectivity index (χ0v) is 11.6. The van der Waals surface area contributed by atoms with Crippen LogP contribution < -0.4 is 0 Å². The van der Waals surface area contributed by atoms with Gasteiger partial charge >= 0.3 is 0 Å². The summed E-state index contributed by atoms with van der Waals surface area (Å²) in [7, 11) is 1.71. The van der Waals surface area contributed by atoms with E-state index in [1.807, 2.05) is 0 Å². The fraction of sp³-hybridized carbons (Fsp3) is 0.545. The van der Waals surface area contributed by atoms with Crippen LogP contribution in [0.5, 0.6) is 0 Å². The summed E-state index contributed by atoms with van der Waals surface area (Å²) in [5, 5.41) is 13.8. The van der Waals surface area contributed by atoms with Crippen molar-refractivity contribution in [3.8, 4) is 0 Å². The van der Waals surface area contributed by atoms with E-state index < -0.39 is 13.0 Å². The van der Waals surface area contributed by atoms with Crippen LogP contribution in [0.4, 0.5) is 8.78 Å². The van der Waals surface area contributed by atoms with Crippen molar-refractivity contribution in [1.29, 1.82) is 0 Å². The van der Waals surface area contributed by atoms with E-state index in [1.54, 1.807) is 13.2 Å². The molecule has 2 aromatic heterocycles. The van der Waals surface area contributed by atoms with Gasteiger partial charge in [0.15, 0.2) is 5.65 Å². The summed E-state index contributed by atoms with van der Waals surface area (Å²) in [5.74, 6) is 0.320. The maximum Gasteiger partial charge on any atom is 0.251 e. The van der Waals surface area contributed by atoms with Crippen LogP contribution in [0.2, 0.25) is 5.15 Å². The average molecular weight is 306 g/mol. The third-order valence-corrected chi connectivity index (χ3v) is 3.06. The average Bonchev–Trinajstić information content (AvgIpc) is 2.71. The van der Waals surface area contributed by atoms with Gasteiger partial charge in [0.2, 0.25) is 0 Å². The minimum atomic E-state index is -2.49. The molecule has 9 heteroatoms. The molecule has 2 rings (SSSR count). The van der Waals surface area contributed by atoms with Crippen LogP contribution in [0, 0.1) is 0 Å². The van der Waals surface area contributed by atoms with Gasteiger partial charge in [0.25, 0.3) is 6.43 Å². The minimum Gasteiger partial charge on any atom is -0.395 e. The van der Waals surface area contributed by atoms with Crippen molar-refractivity contribution < 1.29 is 13.9 Å². The smallest absolute Gasteiger partial charge is 0.251 e. The highest BCUT2D eigenvalue weighted by atomic mass is 35.5. The minimum absolute atomic E-state index is 0.0890. The third-order valence-electron chi connectivity index (χ3n) is 2.77. The molecule has 0 aliphatic rings. The van der Waals surface area contributed by atoms with Crippen LogP contribution in [0.25, 0.3) is 11.0 Å². The molecule has 0 saturated heterocycles. The molecule has 0 saturated carbocycles. The number of aryl methyl sites for hydroxylation is 1. The number of aliphatic hydroxyl groups is 1. The van der Waals surface area contributed by atoms with Crippen molar-refractivity contribution >= 4 is 22.6 Å². The first-order chi connectivity index (χ1) is 9.51. The number of rotatable bonds is 6. The lowest BCUT2D eigenvalue weighted by Gasteiger charge is -2.19. The second-order valence-corrected chi connectivity index (χ2v) is 4.64.